The van der Waals surface area contributed by atoms with Gasteiger partial charge in [0.2, 0.25) is 21.8 Å². The molecule has 0 fully saturated rings. The first-order chi connectivity index (χ1) is 15.4. The van der Waals surface area contributed by atoms with E-state index in [0.29, 0.717) is 16.6 Å². The van der Waals surface area contributed by atoms with Crippen molar-refractivity contribution in [1.29, 1.82) is 0 Å². The van der Waals surface area contributed by atoms with Gasteiger partial charge in [0, 0.05) is 23.1 Å². The lowest BCUT2D eigenvalue weighted by molar-refractivity contribution is -0.139. The third kappa shape index (κ3) is 8.21. The molecule has 2 aromatic rings. The number of rotatable bonds is 10. The Bertz CT molecular complexity index is 1080. The maximum atomic E-state index is 13.4. The SMILES string of the molecule is CC(C)CNC(=O)[C@H](C)N(Cc1ccc(Cl)cc1)C(=O)CN(c1cccc(Cl)c1)S(C)(=O)=O. The van der Waals surface area contributed by atoms with Crippen molar-refractivity contribution in [3.05, 3.63) is 64.1 Å². The number of amides is 2. The van der Waals surface area contributed by atoms with Crippen molar-refractivity contribution in [2.75, 3.05) is 23.7 Å². The first-order valence-corrected chi connectivity index (χ1v) is 13.0. The molecule has 2 aromatic carbocycles. The quantitative estimate of drug-likeness (QED) is 0.520. The van der Waals surface area contributed by atoms with Crippen LogP contribution in [0.2, 0.25) is 10.0 Å². The van der Waals surface area contributed by atoms with Crippen LogP contribution < -0.4 is 9.62 Å². The zero-order valence-electron chi connectivity index (χ0n) is 19.1. The molecule has 0 aliphatic heterocycles. The van der Waals surface area contributed by atoms with Crippen molar-refractivity contribution in [3.8, 4) is 0 Å². The summed E-state index contributed by atoms with van der Waals surface area (Å²) >= 11 is 12.0. The van der Waals surface area contributed by atoms with Gasteiger partial charge < -0.3 is 10.2 Å². The van der Waals surface area contributed by atoms with E-state index in [9.17, 15) is 18.0 Å². The monoisotopic (exact) mass is 513 g/mol. The molecule has 0 bridgehead atoms. The van der Waals surface area contributed by atoms with Crippen molar-refractivity contribution in [2.24, 2.45) is 5.92 Å². The minimum absolute atomic E-state index is 0.111. The highest BCUT2D eigenvalue weighted by Crippen LogP contribution is 2.22. The predicted octanol–water partition coefficient (Wildman–Crippen LogP) is 3.95. The van der Waals surface area contributed by atoms with Gasteiger partial charge in [-0.05, 0) is 48.7 Å². The molecule has 0 saturated carbocycles. The fourth-order valence-electron chi connectivity index (χ4n) is 3.07. The molecule has 0 heterocycles. The molecular formula is C23H29Cl2N3O4S. The standard InChI is InChI=1S/C23H29Cl2N3O4S/c1-16(2)13-26-23(30)17(3)27(14-18-8-10-19(24)11-9-18)22(29)15-28(33(4,31)32)21-7-5-6-20(25)12-21/h5-12,16-17H,13-15H2,1-4H3,(H,26,30)/t17-/m0/s1. The molecule has 2 amide bonds. The lowest BCUT2D eigenvalue weighted by Crippen LogP contribution is -2.51. The largest absolute Gasteiger partial charge is 0.354 e. The maximum absolute atomic E-state index is 13.4. The Morgan fingerprint density at radius 2 is 1.64 bits per heavy atom. The van der Waals surface area contributed by atoms with E-state index >= 15 is 0 Å². The first-order valence-electron chi connectivity index (χ1n) is 10.4. The molecule has 0 radical (unpaired) electrons. The highest BCUT2D eigenvalue weighted by atomic mass is 35.5. The van der Waals surface area contributed by atoms with E-state index < -0.39 is 28.5 Å². The van der Waals surface area contributed by atoms with Gasteiger partial charge in [0.1, 0.15) is 12.6 Å². The van der Waals surface area contributed by atoms with Gasteiger partial charge in [0.15, 0.2) is 0 Å². The molecule has 1 N–H and O–H groups in total. The Hall–Kier alpha value is -2.29. The highest BCUT2D eigenvalue weighted by Gasteiger charge is 2.30. The number of hydrogen-bond donors (Lipinski definition) is 1. The van der Waals surface area contributed by atoms with Gasteiger partial charge in [-0.2, -0.15) is 0 Å². The predicted molar refractivity (Wildman–Crippen MR) is 133 cm³/mol. The summed E-state index contributed by atoms with van der Waals surface area (Å²) in [6, 6.07) is 12.3. The van der Waals surface area contributed by atoms with Crippen molar-refractivity contribution in [2.45, 2.75) is 33.4 Å². The zero-order chi connectivity index (χ0) is 24.8. The number of carbonyl (C=O) groups is 2. The number of hydrogen-bond acceptors (Lipinski definition) is 4. The van der Waals surface area contributed by atoms with Gasteiger partial charge in [-0.3, -0.25) is 13.9 Å². The van der Waals surface area contributed by atoms with Crippen LogP contribution >= 0.6 is 23.2 Å². The Morgan fingerprint density at radius 1 is 1.00 bits per heavy atom. The van der Waals surface area contributed by atoms with Crippen molar-refractivity contribution in [3.63, 3.8) is 0 Å². The van der Waals surface area contributed by atoms with Crippen LogP contribution in [0.5, 0.6) is 0 Å². The van der Waals surface area contributed by atoms with Crippen LogP contribution in [0.15, 0.2) is 48.5 Å². The summed E-state index contributed by atoms with van der Waals surface area (Å²) < 4.78 is 26.0. The normalized spacial score (nSPS) is 12.3. The van der Waals surface area contributed by atoms with E-state index in [2.05, 4.69) is 5.32 Å². The lowest BCUT2D eigenvalue weighted by atomic mass is 10.1. The Labute approximate surface area is 205 Å². The summed E-state index contributed by atoms with van der Waals surface area (Å²) in [5.41, 5.74) is 1.02. The smallest absolute Gasteiger partial charge is 0.244 e. The number of halogens is 2. The van der Waals surface area contributed by atoms with Crippen LogP contribution in [-0.4, -0.2) is 50.5 Å². The number of anilines is 1. The van der Waals surface area contributed by atoms with Crippen molar-refractivity contribution in [1.82, 2.24) is 10.2 Å². The summed E-state index contributed by atoms with van der Waals surface area (Å²) in [6.07, 6.45) is 1.02. The van der Waals surface area contributed by atoms with Gasteiger partial charge >= 0.3 is 0 Å². The molecule has 0 aliphatic rings. The number of sulfonamides is 1. The van der Waals surface area contributed by atoms with Gasteiger partial charge in [0.25, 0.3) is 0 Å². The van der Waals surface area contributed by atoms with Gasteiger partial charge in [-0.15, -0.1) is 0 Å². The number of benzene rings is 2. The second-order valence-corrected chi connectivity index (χ2v) is 11.0. The maximum Gasteiger partial charge on any atom is 0.244 e. The van der Waals surface area contributed by atoms with Crippen LogP contribution in [0.1, 0.15) is 26.3 Å². The molecule has 180 valence electrons. The molecular weight excluding hydrogens is 485 g/mol. The Balaban J connectivity index is 2.35. The van der Waals surface area contributed by atoms with E-state index in [0.717, 1.165) is 16.1 Å². The van der Waals surface area contributed by atoms with Crippen LogP contribution in [0, 0.1) is 5.92 Å². The Morgan fingerprint density at radius 3 is 2.18 bits per heavy atom. The molecule has 0 unspecified atom stereocenters. The second kappa shape index (κ2) is 11.7. The third-order valence-electron chi connectivity index (χ3n) is 4.89. The Kier molecular flexibility index (Phi) is 9.57. The number of nitrogens with one attached hydrogen (secondary N) is 1. The molecule has 7 nitrogen and oxygen atoms in total. The van der Waals surface area contributed by atoms with Crippen LogP contribution in [0.4, 0.5) is 5.69 Å². The van der Waals surface area contributed by atoms with Crippen LogP contribution in [0.3, 0.4) is 0 Å². The first kappa shape index (κ1) is 27.0. The minimum Gasteiger partial charge on any atom is -0.354 e. The molecule has 0 aromatic heterocycles. The van der Waals surface area contributed by atoms with E-state index in [1.54, 1.807) is 49.4 Å². The zero-order valence-corrected chi connectivity index (χ0v) is 21.4. The van der Waals surface area contributed by atoms with Crippen LogP contribution in [-0.2, 0) is 26.2 Å². The van der Waals surface area contributed by atoms with Gasteiger partial charge in [0.05, 0.1) is 11.9 Å². The van der Waals surface area contributed by atoms with Crippen molar-refractivity contribution < 1.29 is 18.0 Å². The molecule has 33 heavy (non-hydrogen) atoms. The van der Waals surface area contributed by atoms with Crippen molar-refractivity contribution >= 4 is 50.7 Å². The summed E-state index contributed by atoms with van der Waals surface area (Å²) in [6.45, 7) is 5.65. The molecule has 0 spiro atoms. The average Bonchev–Trinajstić information content (AvgIpc) is 2.73. The summed E-state index contributed by atoms with van der Waals surface area (Å²) in [7, 11) is -3.80. The van der Waals surface area contributed by atoms with Crippen LogP contribution in [0.25, 0.3) is 0 Å². The molecule has 10 heteroatoms. The second-order valence-electron chi connectivity index (χ2n) is 8.21. The van der Waals surface area contributed by atoms with Gasteiger partial charge in [-0.25, -0.2) is 8.42 Å². The summed E-state index contributed by atoms with van der Waals surface area (Å²) in [5, 5.41) is 3.72. The highest BCUT2D eigenvalue weighted by molar-refractivity contribution is 7.92. The van der Waals surface area contributed by atoms with E-state index in [-0.39, 0.29) is 24.1 Å². The fourth-order valence-corrected chi connectivity index (χ4v) is 4.22. The van der Waals surface area contributed by atoms with E-state index in [1.807, 2.05) is 13.8 Å². The molecule has 0 saturated heterocycles. The number of carbonyl (C=O) groups excluding carboxylic acids is 2. The van der Waals surface area contributed by atoms with E-state index in [1.165, 1.54) is 11.0 Å². The fraction of sp³-hybridized carbons (Fsp3) is 0.391. The topological polar surface area (TPSA) is 86.8 Å². The third-order valence-corrected chi connectivity index (χ3v) is 6.52. The summed E-state index contributed by atoms with van der Waals surface area (Å²) in [5.74, 6) is -0.604. The average molecular weight is 514 g/mol. The lowest BCUT2D eigenvalue weighted by Gasteiger charge is -2.31. The summed E-state index contributed by atoms with van der Waals surface area (Å²) in [4.78, 5) is 27.5. The minimum atomic E-state index is -3.80. The van der Waals surface area contributed by atoms with E-state index in [4.69, 9.17) is 23.2 Å². The number of nitrogens with zero attached hydrogens (tertiary/aromatic N) is 2. The van der Waals surface area contributed by atoms with Gasteiger partial charge in [-0.1, -0.05) is 55.2 Å². The molecule has 1 atom stereocenters. The molecule has 2 rings (SSSR count). The molecule has 0 aliphatic carbocycles.